The van der Waals surface area contributed by atoms with Gasteiger partial charge in [0.25, 0.3) is 5.91 Å². The molecule has 0 atom stereocenters. The third-order valence-corrected chi connectivity index (χ3v) is 3.96. The molecule has 0 saturated heterocycles. The molecule has 1 aromatic carbocycles. The molecule has 0 bridgehead atoms. The van der Waals surface area contributed by atoms with E-state index >= 15 is 0 Å². The average Bonchev–Trinajstić information content (AvgIpc) is 2.96. The highest BCUT2D eigenvalue weighted by atomic mass is 16.1. The van der Waals surface area contributed by atoms with E-state index < -0.39 is 5.91 Å². The molecule has 0 radical (unpaired) electrons. The van der Waals surface area contributed by atoms with Crippen LogP contribution in [0.5, 0.6) is 0 Å². The maximum atomic E-state index is 11.6. The van der Waals surface area contributed by atoms with Crippen molar-refractivity contribution in [1.82, 2.24) is 14.5 Å². The Morgan fingerprint density at radius 3 is 2.52 bits per heavy atom. The van der Waals surface area contributed by atoms with E-state index in [2.05, 4.69) is 33.5 Å². The molecule has 1 aliphatic rings. The van der Waals surface area contributed by atoms with E-state index in [-0.39, 0.29) is 0 Å². The summed E-state index contributed by atoms with van der Waals surface area (Å²) in [5, 5.41) is 0. The Bertz CT molecular complexity index is 649. The molecule has 0 unspecified atom stereocenters. The Balaban J connectivity index is 0.000000924. The third kappa shape index (κ3) is 3.79. The lowest BCUT2D eigenvalue weighted by Crippen LogP contribution is -2.34. The highest BCUT2D eigenvalue weighted by Crippen LogP contribution is 2.21. The molecule has 2 heterocycles. The first-order valence-corrected chi connectivity index (χ1v) is 8.33. The van der Waals surface area contributed by atoms with E-state index in [1.807, 2.05) is 32.0 Å². The van der Waals surface area contributed by atoms with Gasteiger partial charge in [0, 0.05) is 32.6 Å². The molecule has 1 aromatic heterocycles. The number of benzene rings is 1. The summed E-state index contributed by atoms with van der Waals surface area (Å²) in [6.07, 6.45) is 0.818. The van der Waals surface area contributed by atoms with Crippen molar-refractivity contribution in [2.24, 2.45) is 5.73 Å². The fourth-order valence-electron chi connectivity index (χ4n) is 2.94. The largest absolute Gasteiger partial charge is 0.364 e. The van der Waals surface area contributed by atoms with Crippen molar-refractivity contribution in [1.29, 1.82) is 0 Å². The van der Waals surface area contributed by atoms with Crippen molar-refractivity contribution in [2.45, 2.75) is 46.8 Å². The van der Waals surface area contributed by atoms with E-state index in [0.29, 0.717) is 5.69 Å². The van der Waals surface area contributed by atoms with Crippen LogP contribution in [0.15, 0.2) is 30.3 Å². The summed E-state index contributed by atoms with van der Waals surface area (Å²) in [6.45, 7) is 9.48. The maximum Gasteiger partial charge on any atom is 0.269 e. The topological polar surface area (TPSA) is 64.1 Å². The first-order chi connectivity index (χ1) is 11.2. The van der Waals surface area contributed by atoms with Gasteiger partial charge in [0.05, 0.1) is 5.69 Å². The van der Waals surface area contributed by atoms with Gasteiger partial charge in [-0.25, -0.2) is 4.98 Å². The monoisotopic (exact) mass is 314 g/mol. The Hall–Kier alpha value is -2.14. The summed E-state index contributed by atoms with van der Waals surface area (Å²) in [7, 11) is 0. The lowest BCUT2D eigenvalue weighted by atomic mass is 10.2. The van der Waals surface area contributed by atoms with Crippen LogP contribution < -0.4 is 5.73 Å². The number of imidazole rings is 1. The molecule has 2 N–H and O–H groups in total. The number of amides is 1. The Kier molecular flexibility index (Phi) is 5.93. The molecule has 0 saturated carbocycles. The molecule has 0 fully saturated rings. The fourth-order valence-corrected chi connectivity index (χ4v) is 2.94. The number of aryl methyl sites for hydroxylation is 1. The minimum Gasteiger partial charge on any atom is -0.364 e. The molecule has 0 aliphatic carbocycles. The zero-order valence-corrected chi connectivity index (χ0v) is 14.2. The lowest BCUT2D eigenvalue weighted by Gasteiger charge is -2.29. The zero-order chi connectivity index (χ0) is 16.8. The first kappa shape index (κ1) is 17.2. The number of aromatic nitrogens is 2. The van der Waals surface area contributed by atoms with Crippen LogP contribution in [0.1, 0.15) is 48.3 Å². The molecule has 0 spiro atoms. The molecule has 23 heavy (non-hydrogen) atoms. The van der Waals surface area contributed by atoms with Gasteiger partial charge in [-0.2, -0.15) is 0 Å². The number of carbonyl (C=O) groups is 1. The second-order valence-electron chi connectivity index (χ2n) is 5.39. The van der Waals surface area contributed by atoms with Gasteiger partial charge in [0.1, 0.15) is 5.82 Å². The van der Waals surface area contributed by atoms with Crippen LogP contribution in [0.2, 0.25) is 0 Å². The first-order valence-electron chi connectivity index (χ1n) is 8.33. The quantitative estimate of drug-likeness (QED) is 0.943. The van der Waals surface area contributed by atoms with Crippen molar-refractivity contribution in [3.63, 3.8) is 0 Å². The molecule has 2 aromatic rings. The molecule has 3 rings (SSSR count). The normalized spacial score (nSPS) is 13.9. The van der Waals surface area contributed by atoms with Gasteiger partial charge in [-0.05, 0) is 5.56 Å². The highest BCUT2D eigenvalue weighted by Gasteiger charge is 2.25. The van der Waals surface area contributed by atoms with Crippen molar-refractivity contribution in [3.05, 3.63) is 53.1 Å². The van der Waals surface area contributed by atoms with Crippen molar-refractivity contribution < 1.29 is 4.79 Å². The van der Waals surface area contributed by atoms with Gasteiger partial charge in [-0.1, -0.05) is 51.1 Å². The predicted molar refractivity (Wildman–Crippen MR) is 92.0 cm³/mol. The number of nitrogens with zero attached hydrogens (tertiary/aromatic N) is 3. The number of rotatable bonds is 4. The maximum absolute atomic E-state index is 11.6. The molecule has 124 valence electrons. The third-order valence-electron chi connectivity index (χ3n) is 3.96. The van der Waals surface area contributed by atoms with Gasteiger partial charge < -0.3 is 10.3 Å². The SMILES string of the molecule is CC.CCc1nc(C(N)=O)c2n1CCN(Cc1ccccc1)C2. The van der Waals surface area contributed by atoms with Crippen LogP contribution in [0, 0.1) is 0 Å². The van der Waals surface area contributed by atoms with Crippen molar-refractivity contribution in [2.75, 3.05) is 6.54 Å². The second kappa shape index (κ2) is 7.92. The number of nitrogens with two attached hydrogens (primary N) is 1. The van der Waals surface area contributed by atoms with Crippen LogP contribution in [-0.4, -0.2) is 26.9 Å². The minimum atomic E-state index is -0.431. The molecule has 1 amide bonds. The van der Waals surface area contributed by atoms with Gasteiger partial charge >= 0.3 is 0 Å². The van der Waals surface area contributed by atoms with Crippen LogP contribution in [-0.2, 0) is 26.1 Å². The van der Waals surface area contributed by atoms with Gasteiger partial charge in [-0.15, -0.1) is 0 Å². The van der Waals surface area contributed by atoms with E-state index in [0.717, 1.165) is 44.1 Å². The van der Waals surface area contributed by atoms with Crippen LogP contribution in [0.25, 0.3) is 0 Å². The van der Waals surface area contributed by atoms with Crippen LogP contribution >= 0.6 is 0 Å². The smallest absolute Gasteiger partial charge is 0.269 e. The molecule has 1 aliphatic heterocycles. The van der Waals surface area contributed by atoms with Crippen molar-refractivity contribution >= 4 is 5.91 Å². The fraction of sp³-hybridized carbons (Fsp3) is 0.444. The van der Waals surface area contributed by atoms with Gasteiger partial charge in [0.15, 0.2) is 5.69 Å². The zero-order valence-electron chi connectivity index (χ0n) is 14.2. The van der Waals surface area contributed by atoms with E-state index in [9.17, 15) is 4.79 Å². The number of primary amides is 1. The van der Waals surface area contributed by atoms with Crippen LogP contribution in [0.3, 0.4) is 0 Å². The minimum absolute atomic E-state index is 0.431. The second-order valence-corrected chi connectivity index (χ2v) is 5.39. The number of fused-ring (bicyclic) bond motifs is 1. The average molecular weight is 314 g/mol. The molecule has 5 heteroatoms. The number of hydrogen-bond acceptors (Lipinski definition) is 3. The lowest BCUT2D eigenvalue weighted by molar-refractivity contribution is 0.0992. The summed E-state index contributed by atoms with van der Waals surface area (Å²) in [6, 6.07) is 10.4. The summed E-state index contributed by atoms with van der Waals surface area (Å²) in [5.74, 6) is 0.526. The van der Waals surface area contributed by atoms with E-state index in [1.165, 1.54) is 5.56 Å². The number of carbonyl (C=O) groups excluding carboxylic acids is 1. The Morgan fingerprint density at radius 2 is 1.91 bits per heavy atom. The summed E-state index contributed by atoms with van der Waals surface area (Å²) in [4.78, 5) is 18.3. The molecule has 5 nitrogen and oxygen atoms in total. The summed E-state index contributed by atoms with van der Waals surface area (Å²) in [5.41, 5.74) is 8.14. The molecular formula is C18H26N4O. The Labute approximate surface area is 138 Å². The predicted octanol–water partition coefficient (Wildman–Crippen LogP) is 2.59. The summed E-state index contributed by atoms with van der Waals surface area (Å²) < 4.78 is 2.15. The van der Waals surface area contributed by atoms with Gasteiger partial charge in [0.2, 0.25) is 0 Å². The van der Waals surface area contributed by atoms with Crippen molar-refractivity contribution in [3.8, 4) is 0 Å². The summed E-state index contributed by atoms with van der Waals surface area (Å²) >= 11 is 0. The molecular weight excluding hydrogens is 288 g/mol. The van der Waals surface area contributed by atoms with E-state index in [4.69, 9.17) is 5.73 Å². The van der Waals surface area contributed by atoms with Gasteiger partial charge in [-0.3, -0.25) is 9.69 Å². The highest BCUT2D eigenvalue weighted by molar-refractivity contribution is 5.92. The number of hydrogen-bond donors (Lipinski definition) is 1. The standard InChI is InChI=1S/C16H20N4O.C2H6/c1-2-14-18-15(16(17)21)13-11-19(8-9-20(13)14)10-12-6-4-3-5-7-12;1-2/h3-7H,2,8-11H2,1H3,(H2,17,21);1-2H3. The van der Waals surface area contributed by atoms with E-state index in [1.54, 1.807) is 0 Å². The van der Waals surface area contributed by atoms with Crippen LogP contribution in [0.4, 0.5) is 0 Å². The Morgan fingerprint density at radius 1 is 1.22 bits per heavy atom.